The third-order valence-corrected chi connectivity index (χ3v) is 1.75. The van der Waals surface area contributed by atoms with Gasteiger partial charge in [0.2, 0.25) is 5.91 Å². The minimum absolute atomic E-state index is 0.00137. The number of ether oxygens (including phenoxy) is 1. The Morgan fingerprint density at radius 3 is 2.94 bits per heavy atom. The summed E-state index contributed by atoms with van der Waals surface area (Å²) in [7, 11) is 1.44. The van der Waals surface area contributed by atoms with Crippen molar-refractivity contribution >= 4 is 5.91 Å². The molecule has 1 aromatic carbocycles. The smallest absolute Gasteiger partial charge is 0.246 e. The second kappa shape index (κ2) is 6.59. The third kappa shape index (κ3) is 4.11. The van der Waals surface area contributed by atoms with Gasteiger partial charge in [0, 0.05) is 7.11 Å². The van der Waals surface area contributed by atoms with E-state index in [1.807, 2.05) is 0 Å². The summed E-state index contributed by atoms with van der Waals surface area (Å²) in [5.74, 6) is 4.68. The lowest BCUT2D eigenvalue weighted by molar-refractivity contribution is -0.124. The van der Waals surface area contributed by atoms with Crippen molar-refractivity contribution in [3.8, 4) is 11.8 Å². The molecule has 1 aromatic rings. The second-order valence-corrected chi connectivity index (χ2v) is 2.99. The van der Waals surface area contributed by atoms with E-state index in [1.54, 1.807) is 18.2 Å². The summed E-state index contributed by atoms with van der Waals surface area (Å²) in [6.45, 7) is 0.178. The molecule has 0 heterocycles. The molecular weight excluding hydrogens is 209 g/mol. The minimum Gasteiger partial charge on any atom is -0.375 e. The molecule has 0 fully saturated rings. The highest BCUT2D eigenvalue weighted by Crippen LogP contribution is 2.03. The quantitative estimate of drug-likeness (QED) is 0.771. The van der Waals surface area contributed by atoms with Gasteiger partial charge >= 0.3 is 0 Å². The van der Waals surface area contributed by atoms with Gasteiger partial charge in [0.1, 0.15) is 12.4 Å². The molecule has 0 spiro atoms. The van der Waals surface area contributed by atoms with E-state index in [9.17, 15) is 9.18 Å². The maximum Gasteiger partial charge on any atom is 0.246 e. The average Bonchev–Trinajstić information content (AvgIpc) is 2.27. The van der Waals surface area contributed by atoms with Gasteiger partial charge in [0.25, 0.3) is 0 Å². The normalized spacial score (nSPS) is 9.12. The van der Waals surface area contributed by atoms with Crippen LogP contribution in [0.15, 0.2) is 24.3 Å². The van der Waals surface area contributed by atoms with Crippen LogP contribution in [0.1, 0.15) is 5.56 Å². The summed E-state index contributed by atoms with van der Waals surface area (Å²) in [6, 6.07) is 6.23. The average molecular weight is 221 g/mol. The molecule has 0 aliphatic rings. The van der Waals surface area contributed by atoms with Crippen LogP contribution in [0.2, 0.25) is 0 Å². The fourth-order valence-electron chi connectivity index (χ4n) is 1.03. The van der Waals surface area contributed by atoms with Crippen LogP contribution in [0.25, 0.3) is 0 Å². The van der Waals surface area contributed by atoms with Crippen LogP contribution in [-0.4, -0.2) is 26.2 Å². The Labute approximate surface area is 93.6 Å². The van der Waals surface area contributed by atoms with Crippen molar-refractivity contribution in [1.29, 1.82) is 0 Å². The molecule has 0 aliphatic heterocycles. The maximum atomic E-state index is 13.1. The van der Waals surface area contributed by atoms with Gasteiger partial charge in [-0.1, -0.05) is 24.0 Å². The first-order valence-corrected chi connectivity index (χ1v) is 4.73. The Balaban J connectivity index is 2.44. The minimum atomic E-state index is -0.363. The van der Waals surface area contributed by atoms with Gasteiger partial charge in [-0.25, -0.2) is 4.39 Å². The number of hydrogen-bond donors (Lipinski definition) is 1. The van der Waals surface area contributed by atoms with Gasteiger partial charge in [-0.2, -0.15) is 0 Å². The van der Waals surface area contributed by atoms with Crippen LogP contribution in [0.4, 0.5) is 4.39 Å². The van der Waals surface area contributed by atoms with Crippen LogP contribution < -0.4 is 5.32 Å². The molecule has 3 nitrogen and oxygen atoms in total. The lowest BCUT2D eigenvalue weighted by atomic mass is 10.2. The predicted octanol–water partition coefficient (Wildman–Crippen LogP) is 0.940. The van der Waals surface area contributed by atoms with E-state index in [0.29, 0.717) is 5.56 Å². The molecule has 0 atom stereocenters. The van der Waals surface area contributed by atoms with Gasteiger partial charge in [-0.15, -0.1) is 0 Å². The van der Waals surface area contributed by atoms with Gasteiger partial charge in [0.05, 0.1) is 12.1 Å². The molecule has 0 saturated heterocycles. The molecule has 0 aliphatic carbocycles. The summed E-state index contributed by atoms with van der Waals surface area (Å²) in [6.07, 6.45) is 0. The highest BCUT2D eigenvalue weighted by molar-refractivity contribution is 5.77. The van der Waals surface area contributed by atoms with Crippen LogP contribution in [0, 0.1) is 17.7 Å². The number of carbonyl (C=O) groups excluding carboxylic acids is 1. The lowest BCUT2D eigenvalue weighted by Gasteiger charge is -1.98. The molecule has 4 heteroatoms. The summed E-state index contributed by atoms with van der Waals surface area (Å²) in [5.41, 5.74) is 0.323. The molecule has 0 saturated carbocycles. The number of amides is 1. The molecule has 1 amide bonds. The summed E-state index contributed by atoms with van der Waals surface area (Å²) < 4.78 is 17.7. The third-order valence-electron chi connectivity index (χ3n) is 1.75. The molecule has 1 rings (SSSR count). The van der Waals surface area contributed by atoms with Gasteiger partial charge in [-0.05, 0) is 12.1 Å². The number of hydrogen-bond acceptors (Lipinski definition) is 2. The van der Waals surface area contributed by atoms with Crippen LogP contribution in [-0.2, 0) is 9.53 Å². The molecule has 0 unspecified atom stereocenters. The van der Waals surface area contributed by atoms with E-state index in [-0.39, 0.29) is 24.9 Å². The van der Waals surface area contributed by atoms with E-state index in [1.165, 1.54) is 13.2 Å². The van der Waals surface area contributed by atoms with E-state index in [4.69, 9.17) is 0 Å². The zero-order valence-electron chi connectivity index (χ0n) is 8.92. The fourth-order valence-corrected chi connectivity index (χ4v) is 1.03. The van der Waals surface area contributed by atoms with Crippen LogP contribution in [0.3, 0.4) is 0 Å². The Kier molecular flexibility index (Phi) is 5.03. The Hall–Kier alpha value is -1.86. The van der Waals surface area contributed by atoms with Crippen molar-refractivity contribution in [3.63, 3.8) is 0 Å². The summed E-state index contributed by atoms with van der Waals surface area (Å²) >= 11 is 0. The molecule has 0 bridgehead atoms. The number of halogens is 1. The Morgan fingerprint density at radius 1 is 1.50 bits per heavy atom. The highest BCUT2D eigenvalue weighted by atomic mass is 19.1. The molecule has 1 N–H and O–H groups in total. The van der Waals surface area contributed by atoms with Gasteiger partial charge < -0.3 is 10.1 Å². The van der Waals surface area contributed by atoms with Gasteiger partial charge in [-0.3, -0.25) is 4.79 Å². The van der Waals surface area contributed by atoms with Crippen molar-refractivity contribution in [2.45, 2.75) is 0 Å². The second-order valence-electron chi connectivity index (χ2n) is 2.99. The van der Waals surface area contributed by atoms with Crippen molar-refractivity contribution in [3.05, 3.63) is 35.6 Å². The number of carbonyl (C=O) groups is 1. The van der Waals surface area contributed by atoms with Crippen molar-refractivity contribution in [2.24, 2.45) is 0 Å². The van der Waals surface area contributed by atoms with E-state index >= 15 is 0 Å². The molecule has 0 aromatic heterocycles. The van der Waals surface area contributed by atoms with E-state index in [0.717, 1.165) is 0 Å². The van der Waals surface area contributed by atoms with Crippen molar-refractivity contribution < 1.29 is 13.9 Å². The van der Waals surface area contributed by atoms with E-state index < -0.39 is 0 Å². The van der Waals surface area contributed by atoms with Crippen molar-refractivity contribution in [1.82, 2.24) is 5.32 Å². The monoisotopic (exact) mass is 221 g/mol. The molecule has 16 heavy (non-hydrogen) atoms. The molecular formula is C12H12FNO2. The SMILES string of the molecule is COCC(=O)NCC#Cc1ccccc1F. The zero-order chi connectivity index (χ0) is 11.8. The first-order chi connectivity index (χ1) is 7.74. The summed E-state index contributed by atoms with van der Waals surface area (Å²) in [5, 5.41) is 2.51. The van der Waals surface area contributed by atoms with Gasteiger partial charge in [0.15, 0.2) is 0 Å². The lowest BCUT2D eigenvalue weighted by Crippen LogP contribution is -2.27. The summed E-state index contributed by atoms with van der Waals surface area (Å²) in [4.78, 5) is 10.9. The number of rotatable bonds is 3. The molecule has 84 valence electrons. The first kappa shape index (κ1) is 12.2. The van der Waals surface area contributed by atoms with E-state index in [2.05, 4.69) is 21.9 Å². The fraction of sp³-hybridized carbons (Fsp3) is 0.250. The van der Waals surface area contributed by atoms with Crippen molar-refractivity contribution in [2.75, 3.05) is 20.3 Å². The topological polar surface area (TPSA) is 38.3 Å². The number of nitrogens with one attached hydrogen (secondary N) is 1. The largest absolute Gasteiger partial charge is 0.375 e. The number of benzene rings is 1. The Bertz CT molecular complexity index is 421. The predicted molar refractivity (Wildman–Crippen MR) is 58.2 cm³/mol. The molecule has 0 radical (unpaired) electrons. The highest BCUT2D eigenvalue weighted by Gasteiger charge is 1.96. The first-order valence-electron chi connectivity index (χ1n) is 4.73. The number of methoxy groups -OCH3 is 1. The standard InChI is InChI=1S/C12H12FNO2/c1-16-9-12(15)14-8-4-6-10-5-2-3-7-11(10)13/h2-3,5,7H,8-9H2,1H3,(H,14,15). The zero-order valence-corrected chi connectivity index (χ0v) is 8.92. The maximum absolute atomic E-state index is 13.1. The van der Waals surface area contributed by atoms with Crippen LogP contribution >= 0.6 is 0 Å². The van der Waals surface area contributed by atoms with Crippen LogP contribution in [0.5, 0.6) is 0 Å². The Morgan fingerprint density at radius 2 is 2.25 bits per heavy atom.